The Labute approximate surface area is 520 Å². The minimum absolute atomic E-state index is 0.0416. The predicted molar refractivity (Wildman–Crippen MR) is 371 cm³/mol. The summed E-state index contributed by atoms with van der Waals surface area (Å²) in [6, 6.07) is 94.6. The molecule has 0 atom stereocenters. The molecular weight excluding hydrogens is 1100 g/mol. The van der Waals surface area contributed by atoms with Gasteiger partial charge in [-0.3, -0.25) is 18.4 Å². The Bertz CT molecular complexity index is 5220. The summed E-state index contributed by atoms with van der Waals surface area (Å²) < 4.78 is 3.63. The maximum atomic E-state index is 14.2. The summed E-state index contributed by atoms with van der Waals surface area (Å²) in [6.45, 7) is 14.5. The van der Waals surface area contributed by atoms with Crippen LogP contribution in [-0.4, -0.2) is 32.9 Å². The number of benzene rings is 12. The van der Waals surface area contributed by atoms with Crippen LogP contribution in [-0.2, 0) is 0 Å². The second-order valence-corrected chi connectivity index (χ2v) is 20.8. The Morgan fingerprint density at radius 3 is 0.944 bits per heavy atom. The van der Waals surface area contributed by atoms with Crippen molar-refractivity contribution in [1.82, 2.24) is 18.8 Å². The lowest BCUT2D eigenvalue weighted by atomic mass is 9.94. The fraction of sp³-hybridized carbons (Fsp3) is 0.0500. The number of aromatic nitrogens is 4. The van der Waals surface area contributed by atoms with Crippen LogP contribution in [0.15, 0.2) is 277 Å². The van der Waals surface area contributed by atoms with Crippen molar-refractivity contribution in [2.45, 2.75) is 13.8 Å². The Hall–Kier alpha value is -12.6. The summed E-state index contributed by atoms with van der Waals surface area (Å²) in [5, 5.41) is 22.1. The molecule has 10 nitrogen and oxygen atoms in total. The molecule has 90 heavy (non-hydrogen) atoms. The molecule has 0 aliphatic carbocycles. The molecular formula is C80H56N8O2. The van der Waals surface area contributed by atoms with E-state index in [1.165, 1.54) is 27.9 Å². The van der Waals surface area contributed by atoms with Crippen molar-refractivity contribution in [3.05, 3.63) is 310 Å². The minimum Gasteiger partial charge on any atom is -0.320 e. The molecule has 0 saturated heterocycles. The van der Waals surface area contributed by atoms with Crippen molar-refractivity contribution in [2.75, 3.05) is 14.1 Å². The number of rotatable bonds is 6. The Morgan fingerprint density at radius 2 is 0.600 bits per heavy atom. The lowest BCUT2D eigenvalue weighted by Crippen LogP contribution is -2.13. The van der Waals surface area contributed by atoms with Crippen LogP contribution in [0.1, 0.15) is 13.8 Å². The number of hydrogen-bond acceptors (Lipinski definition) is 6. The van der Waals surface area contributed by atoms with Gasteiger partial charge in [0.1, 0.15) is 11.3 Å². The van der Waals surface area contributed by atoms with E-state index in [4.69, 9.17) is 33.6 Å². The van der Waals surface area contributed by atoms with Crippen molar-refractivity contribution in [3.63, 3.8) is 0 Å². The third kappa shape index (κ3) is 11.2. The molecule has 16 aromatic rings. The molecule has 0 bridgehead atoms. The second kappa shape index (κ2) is 26.8. The first-order valence-corrected chi connectivity index (χ1v) is 29.0. The molecule has 16 rings (SSSR count). The zero-order valence-electron chi connectivity index (χ0n) is 49.8. The number of pyridine rings is 2. The van der Waals surface area contributed by atoms with Gasteiger partial charge < -0.3 is 9.69 Å². The largest absolute Gasteiger partial charge is 0.320 e. The Kier molecular flexibility index (Phi) is 17.6. The molecule has 0 fully saturated rings. The van der Waals surface area contributed by atoms with Gasteiger partial charge in [-0.05, 0) is 109 Å². The van der Waals surface area contributed by atoms with Gasteiger partial charge in [0.2, 0.25) is 14.1 Å². The van der Waals surface area contributed by atoms with Gasteiger partial charge in [-0.2, -0.15) is 10.5 Å². The lowest BCUT2D eigenvalue weighted by molar-refractivity contribution is 1.19. The topological polar surface area (TPSA) is 125 Å². The quantitative estimate of drug-likeness (QED) is 0.153. The highest BCUT2D eigenvalue weighted by Crippen LogP contribution is 2.41. The van der Waals surface area contributed by atoms with E-state index >= 15 is 0 Å². The van der Waals surface area contributed by atoms with Crippen LogP contribution in [0.2, 0.25) is 0 Å². The van der Waals surface area contributed by atoms with Crippen LogP contribution in [0.25, 0.3) is 153 Å². The first-order chi connectivity index (χ1) is 44.2. The van der Waals surface area contributed by atoms with Crippen molar-refractivity contribution >= 4 is 76.5 Å². The molecule has 0 spiro atoms. The van der Waals surface area contributed by atoms with E-state index in [1.54, 1.807) is 12.1 Å². The summed E-state index contributed by atoms with van der Waals surface area (Å²) >= 11 is 0. The van der Waals surface area contributed by atoms with Crippen molar-refractivity contribution in [3.8, 4) is 78.9 Å². The van der Waals surface area contributed by atoms with Gasteiger partial charge >= 0.3 is 0 Å². The van der Waals surface area contributed by atoms with E-state index in [2.05, 4.69) is 149 Å². The molecule has 0 unspecified atom stereocenters. The second-order valence-electron chi connectivity index (χ2n) is 20.8. The van der Waals surface area contributed by atoms with Gasteiger partial charge in [-0.25, -0.2) is 23.1 Å². The van der Waals surface area contributed by atoms with E-state index in [9.17, 15) is 9.59 Å². The number of hydrogen-bond donors (Lipinski definition) is 0. The SMILES string of the molecule is CC#N.CC#N.O=c1c2ccc(-c3ccccc3)c3cccc(c32)c2nc3c(-c4ccccc4)cc(-c4ccccc4)cc3n12.O=c1c2cccc3c(-c4ccccc4)ccc(c32)c2nc3c(-c4ccccc4)cc(-c4ccccc4)cc3n12.[C-]#[N+]C.[C-]#[N+]C. The highest BCUT2D eigenvalue weighted by molar-refractivity contribution is 6.21. The Morgan fingerprint density at radius 1 is 0.333 bits per heavy atom. The van der Waals surface area contributed by atoms with Crippen molar-refractivity contribution < 1.29 is 0 Å². The van der Waals surface area contributed by atoms with Crippen molar-refractivity contribution in [1.29, 1.82) is 10.5 Å². The van der Waals surface area contributed by atoms with Crippen LogP contribution < -0.4 is 11.1 Å². The number of nitriles is 2. The number of nitrogens with zero attached hydrogens (tertiary/aromatic N) is 8. The normalized spacial score (nSPS) is 10.5. The third-order valence-corrected chi connectivity index (χ3v) is 15.5. The van der Waals surface area contributed by atoms with E-state index in [1.807, 2.05) is 136 Å². The summed E-state index contributed by atoms with van der Waals surface area (Å²) in [5.74, 6) is 0. The summed E-state index contributed by atoms with van der Waals surface area (Å²) in [7, 11) is 2.83. The lowest BCUT2D eigenvalue weighted by Gasteiger charge is -2.12. The molecule has 10 heteroatoms. The highest BCUT2D eigenvalue weighted by atomic mass is 16.1. The molecule has 0 aliphatic heterocycles. The fourth-order valence-corrected chi connectivity index (χ4v) is 11.9. The summed E-state index contributed by atoms with van der Waals surface area (Å²) in [5.41, 5.74) is 17.6. The molecule has 0 radical (unpaired) electrons. The average molecular weight is 1160 g/mol. The van der Waals surface area contributed by atoms with Crippen LogP contribution in [0.4, 0.5) is 0 Å². The molecule has 12 aromatic carbocycles. The van der Waals surface area contributed by atoms with E-state index < -0.39 is 0 Å². The van der Waals surface area contributed by atoms with Gasteiger partial charge in [-0.15, -0.1) is 0 Å². The van der Waals surface area contributed by atoms with Gasteiger partial charge in [0.15, 0.2) is 0 Å². The van der Waals surface area contributed by atoms with Crippen LogP contribution >= 0.6 is 0 Å². The molecule has 4 heterocycles. The zero-order chi connectivity index (χ0) is 62.7. The molecule has 0 saturated carbocycles. The van der Waals surface area contributed by atoms with E-state index in [0.29, 0.717) is 22.1 Å². The average Bonchev–Trinajstić information content (AvgIpc) is 1.48. The van der Waals surface area contributed by atoms with Gasteiger partial charge in [-0.1, -0.05) is 224 Å². The molecule has 0 aliphatic rings. The summed E-state index contributed by atoms with van der Waals surface area (Å²) in [4.78, 5) is 44.3. The molecule has 4 aromatic heterocycles. The van der Waals surface area contributed by atoms with Crippen LogP contribution in [0, 0.1) is 35.8 Å². The predicted octanol–water partition coefficient (Wildman–Crippen LogP) is 19.3. The van der Waals surface area contributed by atoms with Gasteiger partial charge in [0.25, 0.3) is 11.1 Å². The zero-order valence-corrected chi connectivity index (χ0v) is 49.8. The van der Waals surface area contributed by atoms with Gasteiger partial charge in [0, 0.05) is 57.3 Å². The maximum Gasteiger partial charge on any atom is 0.264 e. The first-order valence-electron chi connectivity index (χ1n) is 29.0. The standard InChI is InChI=1S/2C36H22N2O.4C2H3N/c39-36-30-18-10-17-28-27(24-13-6-2-7-14-24)19-20-29(33(28)30)35-37-34-31(25-15-8-3-9-16-25)21-26(22-32(34)38(35)36)23-11-4-1-5-12-23;39-36-30-20-19-27(24-13-6-2-7-14-24)28-17-10-18-29(33(28)30)35-37-34-31(25-15-8-3-9-16-25)21-26(22-32(34)38(35)36)23-11-4-1-5-12-23;2*1-3-2;2*1-2-3/h2*1-22H;4*1H3. The van der Waals surface area contributed by atoms with E-state index in [0.717, 1.165) is 121 Å². The number of imidazole rings is 2. The monoisotopic (exact) mass is 1160 g/mol. The van der Waals surface area contributed by atoms with Crippen LogP contribution in [0.3, 0.4) is 0 Å². The molecule has 428 valence electrons. The smallest absolute Gasteiger partial charge is 0.264 e. The highest BCUT2D eigenvalue weighted by Gasteiger charge is 2.23. The van der Waals surface area contributed by atoms with E-state index in [-0.39, 0.29) is 11.1 Å². The maximum absolute atomic E-state index is 14.2. The third-order valence-electron chi connectivity index (χ3n) is 15.5. The minimum atomic E-state index is -0.0416. The molecule has 0 N–H and O–H groups in total. The fourth-order valence-electron chi connectivity index (χ4n) is 11.9. The van der Waals surface area contributed by atoms with Crippen molar-refractivity contribution in [2.24, 2.45) is 0 Å². The van der Waals surface area contributed by atoms with Gasteiger partial charge in [0.05, 0.1) is 34.2 Å². The summed E-state index contributed by atoms with van der Waals surface area (Å²) in [6.07, 6.45) is 0. The number of fused-ring (bicyclic) bond motifs is 8. The van der Waals surface area contributed by atoms with Crippen LogP contribution in [0.5, 0.6) is 0 Å². The molecule has 0 amide bonds. The Balaban J connectivity index is 0.000000158. The first kappa shape index (κ1) is 59.1.